The monoisotopic (exact) mass is 590 g/mol. The standard InChI is InChI=1S/C30H46N6O2.2H2S/c1-30(2,3)37-21-24(18-31)33-16-10-15-27(22-11-6-4-7-12-22)36-20-23-17-28(34-19-26(23)35-29(36)32)38-25-13-8-5-9-14-25;;/h5,8-9,13-14,17,19,22,24,27,33H,4,6-7,10-12,15-16,18,20-21,31H2,1-3H3,(H2,32,35);2*1H2/t24-,27-;;/m0../s1. The second-order valence-corrected chi connectivity index (χ2v) is 11.6. The third kappa shape index (κ3) is 10.1. The number of guanidine groups is 1. The van der Waals surface area contributed by atoms with Gasteiger partial charge >= 0.3 is 0 Å². The number of nitrogens with two attached hydrogens (primary N) is 2. The van der Waals surface area contributed by atoms with Gasteiger partial charge in [0.1, 0.15) is 5.75 Å². The third-order valence-corrected chi connectivity index (χ3v) is 7.48. The van der Waals surface area contributed by atoms with Crippen LogP contribution in [0.2, 0.25) is 0 Å². The van der Waals surface area contributed by atoms with Gasteiger partial charge in [-0.15, -0.1) is 0 Å². The van der Waals surface area contributed by atoms with Gasteiger partial charge in [-0.25, -0.2) is 9.98 Å². The zero-order chi connectivity index (χ0) is 27.0. The Morgan fingerprint density at radius 2 is 1.82 bits per heavy atom. The molecule has 2 aliphatic rings. The maximum Gasteiger partial charge on any atom is 0.219 e. The Morgan fingerprint density at radius 1 is 1.10 bits per heavy atom. The van der Waals surface area contributed by atoms with Crippen LogP contribution in [0.3, 0.4) is 0 Å². The fraction of sp³-hybridized carbons (Fsp3) is 0.600. The van der Waals surface area contributed by atoms with Gasteiger partial charge in [-0.3, -0.25) is 0 Å². The summed E-state index contributed by atoms with van der Waals surface area (Å²) in [5.41, 5.74) is 14.4. The van der Waals surface area contributed by atoms with E-state index in [1.54, 1.807) is 6.20 Å². The molecule has 2 heterocycles. The fourth-order valence-electron chi connectivity index (χ4n) is 5.44. The van der Waals surface area contributed by atoms with E-state index < -0.39 is 0 Å². The van der Waals surface area contributed by atoms with E-state index in [0.29, 0.717) is 37.0 Å². The van der Waals surface area contributed by atoms with E-state index >= 15 is 0 Å². The lowest BCUT2D eigenvalue weighted by atomic mass is 9.81. The van der Waals surface area contributed by atoms with E-state index in [4.69, 9.17) is 25.9 Å². The molecule has 10 heteroatoms. The van der Waals surface area contributed by atoms with Crippen molar-refractivity contribution >= 4 is 38.6 Å². The van der Waals surface area contributed by atoms with Crippen LogP contribution in [-0.2, 0) is 11.3 Å². The molecule has 2 atom stereocenters. The van der Waals surface area contributed by atoms with Crippen molar-refractivity contribution in [2.45, 2.75) is 89.9 Å². The molecule has 8 nitrogen and oxygen atoms in total. The normalized spacial score (nSPS) is 17.1. The lowest BCUT2D eigenvalue weighted by Crippen LogP contribution is -2.49. The summed E-state index contributed by atoms with van der Waals surface area (Å²) in [6, 6.07) is 12.3. The molecule has 5 N–H and O–H groups in total. The first-order valence-electron chi connectivity index (χ1n) is 14.2. The molecule has 1 saturated carbocycles. The van der Waals surface area contributed by atoms with E-state index in [1.807, 2.05) is 36.4 Å². The van der Waals surface area contributed by atoms with Gasteiger partial charge in [0, 0.05) is 36.8 Å². The van der Waals surface area contributed by atoms with Crippen LogP contribution in [0, 0.1) is 5.92 Å². The molecule has 1 aliphatic heterocycles. The number of hydrogen-bond acceptors (Lipinski definition) is 8. The number of rotatable bonds is 12. The number of ether oxygens (including phenoxy) is 2. The van der Waals surface area contributed by atoms with Crippen LogP contribution >= 0.6 is 27.0 Å². The molecule has 0 bridgehead atoms. The van der Waals surface area contributed by atoms with Crippen molar-refractivity contribution in [1.29, 1.82) is 0 Å². The molecule has 1 aliphatic carbocycles. The molecule has 224 valence electrons. The number of nitrogens with zero attached hydrogens (tertiary/aromatic N) is 3. The lowest BCUT2D eigenvalue weighted by molar-refractivity contribution is -0.0133. The Balaban J connectivity index is 0.00000280. The molecule has 1 aromatic heterocycles. The first-order chi connectivity index (χ1) is 18.3. The van der Waals surface area contributed by atoms with Crippen LogP contribution < -0.4 is 21.5 Å². The van der Waals surface area contributed by atoms with Crippen LogP contribution in [0.5, 0.6) is 11.6 Å². The van der Waals surface area contributed by atoms with Crippen molar-refractivity contribution in [3.8, 4) is 11.6 Å². The zero-order valence-corrected chi connectivity index (χ0v) is 26.4. The van der Waals surface area contributed by atoms with E-state index in [-0.39, 0.29) is 38.6 Å². The number of pyridine rings is 1. The molecule has 0 radical (unpaired) electrons. The number of para-hydroxylation sites is 1. The summed E-state index contributed by atoms with van der Waals surface area (Å²) in [6.45, 7) is 9.03. The zero-order valence-electron chi connectivity index (χ0n) is 24.4. The average molecular weight is 591 g/mol. The molecule has 0 unspecified atom stereocenters. The van der Waals surface area contributed by atoms with Gasteiger partial charge in [-0.1, -0.05) is 37.5 Å². The van der Waals surface area contributed by atoms with Crippen LogP contribution in [-0.4, -0.2) is 53.2 Å². The van der Waals surface area contributed by atoms with Crippen molar-refractivity contribution in [3.63, 3.8) is 0 Å². The summed E-state index contributed by atoms with van der Waals surface area (Å²) in [5, 5.41) is 3.61. The van der Waals surface area contributed by atoms with Crippen molar-refractivity contribution < 1.29 is 9.47 Å². The van der Waals surface area contributed by atoms with Crippen LogP contribution in [0.15, 0.2) is 47.6 Å². The fourth-order valence-corrected chi connectivity index (χ4v) is 5.44. The molecule has 40 heavy (non-hydrogen) atoms. The molecule has 0 spiro atoms. The first kappa shape index (κ1) is 34.2. The highest BCUT2D eigenvalue weighted by atomic mass is 32.1. The number of fused-ring (bicyclic) bond motifs is 1. The van der Waals surface area contributed by atoms with Gasteiger partial charge in [-0.2, -0.15) is 27.0 Å². The summed E-state index contributed by atoms with van der Waals surface area (Å²) in [7, 11) is 0. The molecule has 0 amide bonds. The number of nitrogens with one attached hydrogen (secondary N) is 1. The smallest absolute Gasteiger partial charge is 0.219 e. The summed E-state index contributed by atoms with van der Waals surface area (Å²) < 4.78 is 11.9. The predicted molar refractivity (Wildman–Crippen MR) is 174 cm³/mol. The Morgan fingerprint density at radius 3 is 2.50 bits per heavy atom. The minimum atomic E-state index is -0.163. The summed E-state index contributed by atoms with van der Waals surface area (Å²) in [6.07, 6.45) is 10.3. The van der Waals surface area contributed by atoms with E-state index in [9.17, 15) is 0 Å². The van der Waals surface area contributed by atoms with Crippen LogP contribution in [0.1, 0.15) is 71.3 Å². The van der Waals surface area contributed by atoms with Crippen molar-refractivity contribution in [2.75, 3.05) is 19.7 Å². The number of hydrogen-bond donors (Lipinski definition) is 3. The summed E-state index contributed by atoms with van der Waals surface area (Å²) in [4.78, 5) is 11.6. The minimum Gasteiger partial charge on any atom is -0.439 e. The first-order valence-corrected chi connectivity index (χ1v) is 14.2. The van der Waals surface area contributed by atoms with Gasteiger partial charge in [0.25, 0.3) is 0 Å². The molecular weight excluding hydrogens is 541 g/mol. The Hall–Kier alpha value is -1.98. The van der Waals surface area contributed by atoms with Gasteiger partial charge in [0.05, 0.1) is 24.1 Å². The maximum absolute atomic E-state index is 6.59. The van der Waals surface area contributed by atoms with Crippen LogP contribution in [0.25, 0.3) is 0 Å². The van der Waals surface area contributed by atoms with Gasteiger partial charge in [0.2, 0.25) is 5.88 Å². The van der Waals surface area contributed by atoms with E-state index in [1.165, 1.54) is 32.1 Å². The second kappa shape index (κ2) is 16.5. The Bertz CT molecular complexity index is 1040. The van der Waals surface area contributed by atoms with Crippen molar-refractivity contribution in [2.24, 2.45) is 22.4 Å². The van der Waals surface area contributed by atoms with Gasteiger partial charge < -0.3 is 31.2 Å². The third-order valence-electron chi connectivity index (χ3n) is 7.48. The molecule has 2 aromatic rings. The Kier molecular flexibility index (Phi) is 14.1. The number of aromatic nitrogens is 1. The highest BCUT2D eigenvalue weighted by Crippen LogP contribution is 2.36. The number of benzene rings is 1. The minimum absolute atomic E-state index is 0. The van der Waals surface area contributed by atoms with Crippen molar-refractivity contribution in [1.82, 2.24) is 15.2 Å². The Labute approximate surface area is 254 Å². The quantitative estimate of drug-likeness (QED) is 0.287. The maximum atomic E-state index is 6.59. The molecular formula is C30H50N6O2S2. The summed E-state index contributed by atoms with van der Waals surface area (Å²) in [5.74, 6) is 2.56. The highest BCUT2D eigenvalue weighted by Gasteiger charge is 2.32. The van der Waals surface area contributed by atoms with Gasteiger partial charge in [-0.05, 0) is 71.0 Å². The SMILES string of the molecule is CC(C)(C)OC[C@H](CN)NCCC[C@@H](C1CCCCC1)N1Cc2cc(Oc3ccccc3)ncc2N=C1N.S.S. The molecule has 4 rings (SSSR count). The van der Waals surface area contributed by atoms with Crippen molar-refractivity contribution in [3.05, 3.63) is 48.2 Å². The van der Waals surface area contributed by atoms with Crippen LogP contribution in [0.4, 0.5) is 5.69 Å². The van der Waals surface area contributed by atoms with E-state index in [2.05, 4.69) is 36.0 Å². The molecule has 1 fully saturated rings. The number of aliphatic imine (C=N–C) groups is 1. The molecule has 1 aromatic carbocycles. The molecule has 0 saturated heterocycles. The van der Waals surface area contributed by atoms with Gasteiger partial charge in [0.15, 0.2) is 5.96 Å². The topological polar surface area (TPSA) is 111 Å². The highest BCUT2D eigenvalue weighted by molar-refractivity contribution is 7.59. The predicted octanol–water partition coefficient (Wildman–Crippen LogP) is 5.32. The van der Waals surface area contributed by atoms with E-state index in [0.717, 1.165) is 42.9 Å². The average Bonchev–Trinajstić information content (AvgIpc) is 2.91. The largest absolute Gasteiger partial charge is 0.439 e. The summed E-state index contributed by atoms with van der Waals surface area (Å²) >= 11 is 0. The second-order valence-electron chi connectivity index (χ2n) is 11.6. The lowest BCUT2D eigenvalue weighted by Gasteiger charge is -2.41.